The number of aliphatic hydroxyl groups is 2. The second-order valence-corrected chi connectivity index (χ2v) is 6.27. The van der Waals surface area contributed by atoms with Crippen molar-refractivity contribution in [3.8, 4) is 6.07 Å². The maximum atomic E-state index is 12.3. The van der Waals surface area contributed by atoms with Crippen LogP contribution in [0.2, 0.25) is 0 Å². The molecule has 1 aliphatic heterocycles. The molecule has 3 rings (SSSR count). The van der Waals surface area contributed by atoms with Crippen LogP contribution in [0, 0.1) is 16.7 Å². The summed E-state index contributed by atoms with van der Waals surface area (Å²) in [5.41, 5.74) is 2.13. The molecule has 120 valence electrons. The average molecular weight is 313 g/mol. The van der Waals surface area contributed by atoms with Gasteiger partial charge in [-0.1, -0.05) is 0 Å². The highest BCUT2D eigenvalue weighted by Crippen LogP contribution is 2.37. The van der Waals surface area contributed by atoms with Crippen LogP contribution in [0.3, 0.4) is 0 Å². The molecule has 1 saturated heterocycles. The lowest BCUT2D eigenvalue weighted by Crippen LogP contribution is -2.44. The molecule has 0 aromatic carbocycles. The van der Waals surface area contributed by atoms with Crippen LogP contribution in [-0.2, 0) is 11.2 Å². The molecule has 1 fully saturated rings. The molecule has 2 N–H and O–H groups in total. The zero-order chi connectivity index (χ0) is 16.4. The van der Waals surface area contributed by atoms with Crippen LogP contribution in [-0.4, -0.2) is 52.2 Å². The van der Waals surface area contributed by atoms with Crippen molar-refractivity contribution in [3.63, 3.8) is 0 Å². The van der Waals surface area contributed by atoms with Gasteiger partial charge >= 0.3 is 0 Å². The first-order valence-electron chi connectivity index (χ1n) is 7.71. The second-order valence-electron chi connectivity index (χ2n) is 6.27. The maximum Gasteiger partial charge on any atom is 0.179 e. The Morgan fingerprint density at radius 2 is 2.00 bits per heavy atom. The summed E-state index contributed by atoms with van der Waals surface area (Å²) in [5.74, 6) is -0.177. The van der Waals surface area contributed by atoms with E-state index >= 15 is 0 Å². The van der Waals surface area contributed by atoms with Gasteiger partial charge in [-0.15, -0.1) is 0 Å². The van der Waals surface area contributed by atoms with E-state index in [1.54, 1.807) is 12.4 Å². The molecule has 1 aromatic rings. The van der Waals surface area contributed by atoms with Crippen LogP contribution >= 0.6 is 0 Å². The van der Waals surface area contributed by atoms with Crippen LogP contribution in [0.25, 0.3) is 5.70 Å². The number of Topliss-reactive ketones (excluding diaryl/α,β-unsaturated/α-hetero) is 1. The lowest BCUT2D eigenvalue weighted by atomic mass is 9.79. The van der Waals surface area contributed by atoms with Crippen molar-refractivity contribution in [3.05, 3.63) is 35.2 Å². The minimum absolute atomic E-state index is 0.0546. The molecule has 0 saturated carbocycles. The number of nitrogens with zero attached hydrogens (tertiary/aromatic N) is 3. The molecule has 6 heteroatoms. The topological polar surface area (TPSA) is 97.5 Å². The van der Waals surface area contributed by atoms with Crippen molar-refractivity contribution >= 4 is 11.5 Å². The average Bonchev–Trinajstić information content (AvgIpc) is 2.60. The van der Waals surface area contributed by atoms with Crippen molar-refractivity contribution in [2.45, 2.75) is 19.3 Å². The number of rotatable bonds is 3. The third-order valence-electron chi connectivity index (χ3n) is 4.95. The number of carbonyl (C=O) groups excluding carboxylic acids is 1. The van der Waals surface area contributed by atoms with Gasteiger partial charge < -0.3 is 15.1 Å². The van der Waals surface area contributed by atoms with Gasteiger partial charge in [0.1, 0.15) is 11.6 Å². The number of nitriles is 1. The van der Waals surface area contributed by atoms with Crippen molar-refractivity contribution in [2.24, 2.45) is 5.41 Å². The van der Waals surface area contributed by atoms with E-state index in [9.17, 15) is 20.3 Å². The van der Waals surface area contributed by atoms with Gasteiger partial charge in [0.25, 0.3) is 0 Å². The molecule has 0 spiro atoms. The highest BCUT2D eigenvalue weighted by Gasteiger charge is 2.37. The molecule has 0 unspecified atom stereocenters. The van der Waals surface area contributed by atoms with Gasteiger partial charge in [-0.05, 0) is 24.5 Å². The number of piperidine rings is 1. The largest absolute Gasteiger partial charge is 0.396 e. The Hall–Kier alpha value is -2.23. The number of fused-ring (bicyclic) bond motifs is 1. The van der Waals surface area contributed by atoms with E-state index in [1.165, 1.54) is 0 Å². The number of hydrogen-bond donors (Lipinski definition) is 2. The Kier molecular flexibility index (Phi) is 4.16. The summed E-state index contributed by atoms with van der Waals surface area (Å²) >= 11 is 0. The number of pyridine rings is 1. The van der Waals surface area contributed by atoms with E-state index in [0.717, 1.165) is 11.1 Å². The fraction of sp³-hybridized carbons (Fsp3) is 0.471. The van der Waals surface area contributed by atoms with Crippen LogP contribution < -0.4 is 0 Å². The first-order valence-corrected chi connectivity index (χ1v) is 7.71. The predicted octanol–water partition coefficient (Wildman–Crippen LogP) is 0.508. The molecule has 2 aliphatic rings. The molecule has 0 radical (unpaired) electrons. The molecule has 2 heterocycles. The Morgan fingerprint density at radius 1 is 1.30 bits per heavy atom. The predicted molar refractivity (Wildman–Crippen MR) is 82.9 cm³/mol. The third kappa shape index (κ3) is 2.62. The molecular weight excluding hydrogens is 294 g/mol. The van der Waals surface area contributed by atoms with E-state index in [0.29, 0.717) is 31.6 Å². The Labute approximate surface area is 134 Å². The van der Waals surface area contributed by atoms with Gasteiger partial charge in [0.05, 0.1) is 18.9 Å². The Morgan fingerprint density at radius 3 is 2.61 bits per heavy atom. The second kappa shape index (κ2) is 6.11. The first-order chi connectivity index (χ1) is 11.1. The number of allylic oxidation sites excluding steroid dienone is 1. The summed E-state index contributed by atoms with van der Waals surface area (Å²) < 4.78 is 0. The molecule has 0 atom stereocenters. The van der Waals surface area contributed by atoms with Crippen LogP contribution in [0.4, 0.5) is 0 Å². The van der Waals surface area contributed by atoms with Crippen LogP contribution in [0.15, 0.2) is 24.0 Å². The number of hydrogen-bond acceptors (Lipinski definition) is 6. The number of carbonyl (C=O) groups is 1. The minimum atomic E-state index is -0.469. The lowest BCUT2D eigenvalue weighted by molar-refractivity contribution is -0.114. The summed E-state index contributed by atoms with van der Waals surface area (Å²) in [7, 11) is 0. The Bertz CT molecular complexity index is 691. The van der Waals surface area contributed by atoms with Crippen LogP contribution in [0.1, 0.15) is 24.0 Å². The lowest BCUT2D eigenvalue weighted by Gasteiger charge is -2.42. The fourth-order valence-corrected chi connectivity index (χ4v) is 3.34. The zero-order valence-electron chi connectivity index (χ0n) is 12.8. The fourth-order valence-electron chi connectivity index (χ4n) is 3.34. The van der Waals surface area contributed by atoms with Crippen molar-refractivity contribution in [2.75, 3.05) is 26.3 Å². The summed E-state index contributed by atoms with van der Waals surface area (Å²) in [4.78, 5) is 18.4. The molecule has 23 heavy (non-hydrogen) atoms. The highest BCUT2D eigenvalue weighted by molar-refractivity contribution is 6.09. The monoisotopic (exact) mass is 313 g/mol. The SMILES string of the molecule is N#CC1=C(N2CCC(CO)(CO)CC2)c2ccncc2CC1=O. The summed E-state index contributed by atoms with van der Waals surface area (Å²) in [6.45, 7) is 1.08. The van der Waals surface area contributed by atoms with Gasteiger partial charge in [0.2, 0.25) is 0 Å². The van der Waals surface area contributed by atoms with E-state index in [4.69, 9.17) is 0 Å². The standard InChI is InChI=1S/C17H19N3O3/c18-8-14-15(23)7-12-9-19-4-1-13(12)16(14)20-5-2-17(10-21,11-22)3-6-20/h1,4,9,21-22H,2-3,5-7,10-11H2. The van der Waals surface area contributed by atoms with Crippen molar-refractivity contribution in [1.29, 1.82) is 5.26 Å². The maximum absolute atomic E-state index is 12.3. The van der Waals surface area contributed by atoms with Gasteiger partial charge in [-0.3, -0.25) is 9.78 Å². The van der Waals surface area contributed by atoms with Crippen molar-refractivity contribution < 1.29 is 15.0 Å². The van der Waals surface area contributed by atoms with E-state index < -0.39 is 5.41 Å². The number of aliphatic hydroxyl groups excluding tert-OH is 2. The number of aromatic nitrogens is 1. The van der Waals surface area contributed by atoms with Gasteiger partial charge in [0, 0.05) is 42.9 Å². The molecular formula is C17H19N3O3. The number of ketones is 1. The zero-order valence-corrected chi connectivity index (χ0v) is 12.8. The summed E-state index contributed by atoms with van der Waals surface area (Å²) in [5, 5.41) is 28.5. The van der Waals surface area contributed by atoms with E-state index in [-0.39, 0.29) is 31.0 Å². The quantitative estimate of drug-likeness (QED) is 0.844. The van der Waals surface area contributed by atoms with E-state index in [2.05, 4.69) is 11.1 Å². The van der Waals surface area contributed by atoms with Crippen LogP contribution in [0.5, 0.6) is 0 Å². The van der Waals surface area contributed by atoms with E-state index in [1.807, 2.05) is 11.0 Å². The molecule has 0 amide bonds. The first kappa shape index (κ1) is 15.7. The third-order valence-corrected chi connectivity index (χ3v) is 4.95. The van der Waals surface area contributed by atoms with Gasteiger partial charge in [-0.2, -0.15) is 5.26 Å². The molecule has 0 bridgehead atoms. The smallest absolute Gasteiger partial charge is 0.179 e. The molecule has 1 aliphatic carbocycles. The normalized spacial score (nSPS) is 20.2. The Balaban J connectivity index is 1.97. The van der Waals surface area contributed by atoms with Gasteiger partial charge in [0.15, 0.2) is 5.78 Å². The minimum Gasteiger partial charge on any atom is -0.396 e. The molecule has 6 nitrogen and oxygen atoms in total. The van der Waals surface area contributed by atoms with Crippen molar-refractivity contribution in [1.82, 2.24) is 9.88 Å². The summed E-state index contributed by atoms with van der Waals surface area (Å²) in [6, 6.07) is 3.90. The number of likely N-dealkylation sites (tertiary alicyclic amines) is 1. The van der Waals surface area contributed by atoms with Gasteiger partial charge in [-0.25, -0.2) is 0 Å². The summed E-state index contributed by atoms with van der Waals surface area (Å²) in [6.07, 6.45) is 4.80. The highest BCUT2D eigenvalue weighted by atomic mass is 16.3. The molecule has 1 aromatic heterocycles.